The van der Waals surface area contributed by atoms with Gasteiger partial charge in [0, 0.05) is 34.8 Å². The molecule has 2 aliphatic heterocycles. The Bertz CT molecular complexity index is 1440. The van der Waals surface area contributed by atoms with Crippen molar-refractivity contribution in [2.24, 2.45) is 5.92 Å². The molecule has 0 aliphatic carbocycles. The van der Waals surface area contributed by atoms with Crippen molar-refractivity contribution in [2.45, 2.75) is 57.9 Å². The van der Waals surface area contributed by atoms with Crippen LogP contribution in [-0.4, -0.2) is 44.9 Å². The van der Waals surface area contributed by atoms with Crippen molar-refractivity contribution < 1.29 is 27.7 Å². The molecule has 2 aliphatic rings. The Hall–Kier alpha value is -3.72. The Balaban J connectivity index is 1.23. The summed E-state index contributed by atoms with van der Waals surface area (Å²) in [5.41, 5.74) is 3.65. The number of nitrogens with zero attached hydrogens (tertiary/aromatic N) is 1. The summed E-state index contributed by atoms with van der Waals surface area (Å²) in [5.74, 6) is -0.0986. The second-order valence-corrected chi connectivity index (χ2v) is 13.3. The molecule has 0 spiro atoms. The predicted octanol–water partition coefficient (Wildman–Crippen LogP) is 6.18. The van der Waals surface area contributed by atoms with Crippen molar-refractivity contribution in [1.82, 2.24) is 4.90 Å². The third-order valence-electron chi connectivity index (χ3n) is 7.60. The normalized spacial score (nSPS) is 22.1. The van der Waals surface area contributed by atoms with Gasteiger partial charge in [-0.1, -0.05) is 81.4 Å². The van der Waals surface area contributed by atoms with Crippen molar-refractivity contribution in [3.8, 4) is 0 Å². The summed E-state index contributed by atoms with van der Waals surface area (Å²) >= 11 is 0. The number of hydrogen-bond donors (Lipinski definition) is 1. The number of nitrogens with one attached hydrogen (secondary N) is 1. The van der Waals surface area contributed by atoms with Crippen LogP contribution in [0.3, 0.4) is 0 Å². The minimum absolute atomic E-state index is 0.00728. The molecule has 2 saturated heterocycles. The van der Waals surface area contributed by atoms with E-state index in [1.54, 1.807) is 11.0 Å². The number of halogens is 1. The maximum atomic E-state index is 14.9. The number of ether oxygens (including phenoxy) is 2. The van der Waals surface area contributed by atoms with Gasteiger partial charge in [-0.15, -0.1) is 0 Å². The Morgan fingerprint density at radius 3 is 2.51 bits per heavy atom. The molecular formula is C32H35FN2O5S. The number of carbonyl (C=O) groups excluding carboxylic acids is 2. The van der Waals surface area contributed by atoms with Gasteiger partial charge in [0.2, 0.25) is 0 Å². The van der Waals surface area contributed by atoms with E-state index in [4.69, 9.17) is 9.47 Å². The molecule has 7 nitrogen and oxygen atoms in total. The Labute approximate surface area is 242 Å². The number of fused-ring (bicyclic) bond motifs is 1. The summed E-state index contributed by atoms with van der Waals surface area (Å²) in [6, 6.07) is 21.6. The lowest BCUT2D eigenvalue weighted by atomic mass is 9.86. The smallest absolute Gasteiger partial charge is 0.412 e. The molecule has 0 aromatic heterocycles. The highest BCUT2D eigenvalue weighted by Crippen LogP contribution is 2.34. The van der Waals surface area contributed by atoms with E-state index >= 15 is 0 Å². The zero-order valence-corrected chi connectivity index (χ0v) is 24.3. The van der Waals surface area contributed by atoms with Gasteiger partial charge in [0.15, 0.2) is 0 Å². The predicted molar refractivity (Wildman–Crippen MR) is 156 cm³/mol. The number of amides is 2. The van der Waals surface area contributed by atoms with E-state index in [1.165, 1.54) is 17.7 Å². The molecule has 3 aromatic carbocycles. The number of hydrogen-bond acceptors (Lipinski definition) is 5. The van der Waals surface area contributed by atoms with Crippen LogP contribution in [0.5, 0.6) is 0 Å². The summed E-state index contributed by atoms with van der Waals surface area (Å²) in [6.45, 7) is 6.88. The third kappa shape index (κ3) is 6.96. The molecule has 9 heteroatoms. The van der Waals surface area contributed by atoms with E-state index in [9.17, 15) is 18.2 Å². The van der Waals surface area contributed by atoms with Crippen molar-refractivity contribution in [3.05, 3.63) is 101 Å². The average Bonchev–Trinajstić information content (AvgIpc) is 3.24. The van der Waals surface area contributed by atoms with Crippen molar-refractivity contribution in [2.75, 3.05) is 16.8 Å². The molecular weight excluding hydrogens is 543 g/mol. The fraction of sp³-hybridized carbons (Fsp3) is 0.375. The topological polar surface area (TPSA) is 84.9 Å². The third-order valence-corrected chi connectivity index (χ3v) is 9.11. The maximum Gasteiger partial charge on any atom is 0.412 e. The van der Waals surface area contributed by atoms with E-state index in [0.29, 0.717) is 30.0 Å². The molecule has 0 saturated carbocycles. The van der Waals surface area contributed by atoms with Crippen LogP contribution in [0.25, 0.3) is 0 Å². The largest absolute Gasteiger partial charge is 0.444 e. The van der Waals surface area contributed by atoms with Gasteiger partial charge in [-0.2, -0.15) is 0 Å². The molecule has 4 atom stereocenters. The Kier molecular flexibility index (Phi) is 8.45. The molecule has 41 heavy (non-hydrogen) atoms. The second-order valence-electron chi connectivity index (χ2n) is 11.7. The monoisotopic (exact) mass is 578 g/mol. The first kappa shape index (κ1) is 28.8. The van der Waals surface area contributed by atoms with E-state index in [1.807, 2.05) is 42.5 Å². The molecule has 216 valence electrons. The van der Waals surface area contributed by atoms with Gasteiger partial charge >= 0.3 is 12.2 Å². The lowest BCUT2D eigenvalue weighted by molar-refractivity contribution is 0.0978. The highest BCUT2D eigenvalue weighted by Gasteiger charge is 2.49. The Morgan fingerprint density at radius 1 is 1.02 bits per heavy atom. The molecule has 2 amide bonds. The molecule has 1 unspecified atom stereocenters. The first-order valence-electron chi connectivity index (χ1n) is 13.7. The first-order chi connectivity index (χ1) is 19.6. The second kappa shape index (κ2) is 12.0. The lowest BCUT2D eigenvalue weighted by Crippen LogP contribution is -2.49. The summed E-state index contributed by atoms with van der Waals surface area (Å²) in [6.07, 6.45) is -1.20. The average molecular weight is 579 g/mol. The standard InChI is InChI=1S/C32H35FN2O5S/c1-32(2,3)25-11-7-10-23(15-25)17-35-28-20-41(38)19-24(29(28)40-31(35)37)14-22-12-13-27(26(33)16-22)34-30(36)39-18-21-8-5-4-6-9-21/h4-13,15-16,24,28-29H,14,17-20H2,1-3H3,(H,34,36)/t24-,28+,29+,41?/m1/s1. The van der Waals surface area contributed by atoms with Gasteiger partial charge in [-0.25, -0.2) is 14.0 Å². The Morgan fingerprint density at radius 2 is 1.78 bits per heavy atom. The molecule has 0 bridgehead atoms. The van der Waals surface area contributed by atoms with Crippen LogP contribution in [0.4, 0.5) is 19.7 Å². The van der Waals surface area contributed by atoms with Crippen LogP contribution in [0.15, 0.2) is 72.8 Å². The zero-order chi connectivity index (χ0) is 29.1. The zero-order valence-electron chi connectivity index (χ0n) is 23.5. The van der Waals surface area contributed by atoms with Gasteiger partial charge < -0.3 is 9.47 Å². The fourth-order valence-corrected chi connectivity index (χ4v) is 7.08. The van der Waals surface area contributed by atoms with Crippen molar-refractivity contribution >= 4 is 28.7 Å². The van der Waals surface area contributed by atoms with Crippen molar-refractivity contribution in [3.63, 3.8) is 0 Å². The number of benzene rings is 3. The molecule has 0 radical (unpaired) electrons. The van der Waals surface area contributed by atoms with E-state index in [2.05, 4.69) is 38.2 Å². The molecule has 3 aromatic rings. The van der Waals surface area contributed by atoms with Gasteiger partial charge in [0.05, 0.1) is 11.7 Å². The van der Waals surface area contributed by atoms with Gasteiger partial charge in [0.25, 0.3) is 0 Å². The van der Waals surface area contributed by atoms with Crippen molar-refractivity contribution in [1.29, 1.82) is 0 Å². The van der Waals surface area contributed by atoms with E-state index in [-0.39, 0.29) is 29.7 Å². The van der Waals surface area contributed by atoms with Crippen LogP contribution in [0.1, 0.15) is 43.0 Å². The summed E-state index contributed by atoms with van der Waals surface area (Å²) in [4.78, 5) is 26.8. The maximum absolute atomic E-state index is 14.9. The van der Waals surface area contributed by atoms with Crippen LogP contribution in [-0.2, 0) is 45.3 Å². The number of carbonyl (C=O) groups is 2. The van der Waals surface area contributed by atoms with Crippen LogP contribution >= 0.6 is 0 Å². The van der Waals surface area contributed by atoms with Gasteiger partial charge in [0.1, 0.15) is 18.5 Å². The van der Waals surface area contributed by atoms with E-state index < -0.39 is 34.9 Å². The summed E-state index contributed by atoms with van der Waals surface area (Å²) < 4.78 is 38.8. The van der Waals surface area contributed by atoms with Crippen LogP contribution in [0, 0.1) is 11.7 Å². The SMILES string of the molecule is CC(C)(C)c1cccc(CN2C(=O)O[C@H]3[C@H](Cc4ccc(NC(=O)OCc5ccccc5)c(F)c4)CS(=O)C[C@@H]32)c1. The number of rotatable bonds is 7. The first-order valence-corrected chi connectivity index (χ1v) is 15.2. The summed E-state index contributed by atoms with van der Waals surface area (Å²) in [5, 5.41) is 2.44. The number of anilines is 1. The van der Waals surface area contributed by atoms with E-state index in [0.717, 1.165) is 11.1 Å². The van der Waals surface area contributed by atoms with Crippen LogP contribution in [0.2, 0.25) is 0 Å². The fourth-order valence-electron chi connectivity index (χ4n) is 5.41. The molecule has 2 heterocycles. The van der Waals surface area contributed by atoms with Crippen LogP contribution < -0.4 is 5.32 Å². The summed E-state index contributed by atoms with van der Waals surface area (Å²) in [7, 11) is -1.14. The molecule has 2 fully saturated rings. The minimum Gasteiger partial charge on any atom is -0.444 e. The van der Waals surface area contributed by atoms with Gasteiger partial charge in [-0.05, 0) is 46.2 Å². The minimum atomic E-state index is -1.14. The molecule has 5 rings (SSSR count). The quantitative estimate of drug-likeness (QED) is 0.362. The lowest BCUT2D eigenvalue weighted by Gasteiger charge is -2.33. The highest BCUT2D eigenvalue weighted by atomic mass is 32.2. The van der Waals surface area contributed by atoms with Gasteiger partial charge in [-0.3, -0.25) is 14.4 Å². The highest BCUT2D eigenvalue weighted by molar-refractivity contribution is 7.85. The molecule has 1 N–H and O–H groups in total.